The van der Waals surface area contributed by atoms with Crippen molar-refractivity contribution in [1.82, 2.24) is 20.0 Å². The number of aromatic nitrogens is 3. The molecule has 1 aliphatic heterocycles. The third kappa shape index (κ3) is 4.00. The second-order valence-electron chi connectivity index (χ2n) is 6.50. The van der Waals surface area contributed by atoms with E-state index in [1.165, 1.54) is 34.4 Å². The molecule has 1 saturated heterocycles. The molecule has 0 saturated carbocycles. The molecule has 2 aromatic heterocycles. The number of piperazine rings is 1. The van der Waals surface area contributed by atoms with Crippen LogP contribution in [0.5, 0.6) is 0 Å². The van der Waals surface area contributed by atoms with E-state index in [4.69, 9.17) is 9.63 Å². The number of nitrogens with zero attached hydrogens (tertiary/aromatic N) is 5. The summed E-state index contributed by atoms with van der Waals surface area (Å²) in [7, 11) is 0. The highest BCUT2D eigenvalue weighted by molar-refractivity contribution is 7.18. The van der Waals surface area contributed by atoms with E-state index in [2.05, 4.69) is 15.1 Å². The molecule has 0 atom stereocenters. The molecule has 12 heteroatoms. The van der Waals surface area contributed by atoms with Gasteiger partial charge in [0.05, 0.1) is 22.2 Å². The molecule has 1 fully saturated rings. The van der Waals surface area contributed by atoms with Gasteiger partial charge in [-0.15, -0.1) is 0 Å². The van der Waals surface area contributed by atoms with Crippen LogP contribution >= 0.6 is 11.3 Å². The van der Waals surface area contributed by atoms with Crippen LogP contribution in [0.4, 0.5) is 18.3 Å². The van der Waals surface area contributed by atoms with Crippen LogP contribution < -0.4 is 4.90 Å². The van der Waals surface area contributed by atoms with Gasteiger partial charge in [-0.25, -0.2) is 4.98 Å². The van der Waals surface area contributed by atoms with Crippen molar-refractivity contribution in [1.29, 1.82) is 0 Å². The Hall–Kier alpha value is -2.99. The molecule has 0 unspecified atom stereocenters. The van der Waals surface area contributed by atoms with Gasteiger partial charge in [0.15, 0.2) is 5.13 Å². The van der Waals surface area contributed by atoms with Crippen LogP contribution in [0.3, 0.4) is 0 Å². The monoisotopic (exact) mass is 439 g/mol. The van der Waals surface area contributed by atoms with Crippen LogP contribution in [0, 0.1) is 0 Å². The first-order chi connectivity index (χ1) is 14.4. The Morgan fingerprint density at radius 3 is 2.60 bits per heavy atom. The summed E-state index contributed by atoms with van der Waals surface area (Å²) in [4.78, 5) is 25.1. The van der Waals surface area contributed by atoms with Crippen LogP contribution in [0.2, 0.25) is 0 Å². The van der Waals surface area contributed by atoms with Crippen molar-refractivity contribution in [2.24, 2.45) is 0 Å². The predicted octanol–water partition coefficient (Wildman–Crippen LogP) is 2.67. The van der Waals surface area contributed by atoms with Crippen molar-refractivity contribution >= 4 is 22.4 Å². The summed E-state index contributed by atoms with van der Waals surface area (Å²) in [5.74, 6) is -0.211. The fourth-order valence-corrected chi connectivity index (χ4v) is 4.02. The Morgan fingerprint density at radius 2 is 1.93 bits per heavy atom. The standard InChI is InChI=1S/C18H16F3N5O3S/c19-18(20,21)12-4-2-1-3-11(12)16(28)25-5-7-26(8-6-25)17-22-9-13(30-17)15-23-14(10-27)29-24-15/h1-4,9,27H,5-8,10H2. The summed E-state index contributed by atoms with van der Waals surface area (Å²) >= 11 is 1.32. The molecule has 1 aliphatic rings. The van der Waals surface area contributed by atoms with Crippen molar-refractivity contribution in [2.45, 2.75) is 12.8 Å². The first-order valence-electron chi connectivity index (χ1n) is 8.97. The lowest BCUT2D eigenvalue weighted by Crippen LogP contribution is -2.49. The molecule has 0 aliphatic carbocycles. The van der Waals surface area contributed by atoms with Gasteiger partial charge in [0.1, 0.15) is 6.61 Å². The number of carbonyl (C=O) groups excluding carboxylic acids is 1. The van der Waals surface area contributed by atoms with Crippen molar-refractivity contribution in [3.8, 4) is 10.7 Å². The van der Waals surface area contributed by atoms with Gasteiger partial charge >= 0.3 is 6.18 Å². The highest BCUT2D eigenvalue weighted by atomic mass is 32.1. The molecule has 1 aromatic carbocycles. The summed E-state index contributed by atoms with van der Waals surface area (Å²) in [5.41, 5.74) is -1.27. The number of aliphatic hydroxyl groups excluding tert-OH is 1. The van der Waals surface area contributed by atoms with Crippen molar-refractivity contribution in [2.75, 3.05) is 31.1 Å². The van der Waals surface area contributed by atoms with Gasteiger partial charge in [-0.3, -0.25) is 4.79 Å². The second-order valence-corrected chi connectivity index (χ2v) is 7.51. The van der Waals surface area contributed by atoms with Gasteiger partial charge < -0.3 is 19.4 Å². The molecule has 3 heterocycles. The molecule has 30 heavy (non-hydrogen) atoms. The fraction of sp³-hybridized carbons (Fsp3) is 0.333. The molecule has 0 bridgehead atoms. The normalized spacial score (nSPS) is 14.9. The minimum atomic E-state index is -4.59. The zero-order chi connectivity index (χ0) is 21.3. The van der Waals surface area contributed by atoms with Gasteiger partial charge in [-0.05, 0) is 12.1 Å². The summed E-state index contributed by atoms with van der Waals surface area (Å²) < 4.78 is 44.5. The molecule has 8 nitrogen and oxygen atoms in total. The number of hydrogen-bond donors (Lipinski definition) is 1. The molecule has 3 aromatic rings. The Morgan fingerprint density at radius 1 is 1.20 bits per heavy atom. The lowest BCUT2D eigenvalue weighted by atomic mass is 10.1. The number of hydrogen-bond acceptors (Lipinski definition) is 8. The highest BCUT2D eigenvalue weighted by Gasteiger charge is 2.36. The maximum absolute atomic E-state index is 13.2. The van der Waals surface area contributed by atoms with E-state index in [1.807, 2.05) is 4.90 Å². The first-order valence-corrected chi connectivity index (χ1v) is 9.78. The van der Waals surface area contributed by atoms with E-state index in [0.717, 1.165) is 6.07 Å². The number of halogens is 3. The number of aliphatic hydroxyl groups is 1. The lowest BCUT2D eigenvalue weighted by molar-refractivity contribution is -0.138. The van der Waals surface area contributed by atoms with Crippen LogP contribution in [0.15, 0.2) is 35.0 Å². The van der Waals surface area contributed by atoms with E-state index in [9.17, 15) is 18.0 Å². The van der Waals surface area contributed by atoms with Gasteiger partial charge in [-0.1, -0.05) is 28.6 Å². The number of rotatable bonds is 4. The van der Waals surface area contributed by atoms with E-state index >= 15 is 0 Å². The van der Waals surface area contributed by atoms with Gasteiger partial charge in [0, 0.05) is 26.2 Å². The minimum Gasteiger partial charge on any atom is -0.387 e. The number of thiazole rings is 1. The van der Waals surface area contributed by atoms with Crippen LogP contribution in [0.25, 0.3) is 10.7 Å². The summed E-state index contributed by atoms with van der Waals surface area (Å²) in [5, 5.41) is 13.5. The average Bonchev–Trinajstić information content (AvgIpc) is 3.42. The van der Waals surface area contributed by atoms with Crippen molar-refractivity contribution in [3.05, 3.63) is 47.5 Å². The van der Waals surface area contributed by atoms with E-state index < -0.39 is 17.6 Å². The summed E-state index contributed by atoms with van der Waals surface area (Å²) in [6.07, 6.45) is -3.00. The molecular weight excluding hydrogens is 423 g/mol. The highest BCUT2D eigenvalue weighted by Crippen LogP contribution is 2.33. The molecule has 0 spiro atoms. The average molecular weight is 439 g/mol. The molecule has 158 valence electrons. The van der Waals surface area contributed by atoms with E-state index in [1.54, 1.807) is 6.20 Å². The Balaban J connectivity index is 1.43. The van der Waals surface area contributed by atoms with Gasteiger partial charge in [0.2, 0.25) is 5.82 Å². The largest absolute Gasteiger partial charge is 0.417 e. The first kappa shape index (κ1) is 20.3. The molecular formula is C18H16F3N5O3S. The maximum Gasteiger partial charge on any atom is 0.417 e. The Kier molecular flexibility index (Phi) is 5.43. The SMILES string of the molecule is O=C(c1ccccc1C(F)(F)F)N1CCN(c2ncc(-c3noc(CO)n3)s2)CC1. The van der Waals surface area contributed by atoms with Gasteiger partial charge in [-0.2, -0.15) is 18.2 Å². The second kappa shape index (κ2) is 8.03. The van der Waals surface area contributed by atoms with E-state index in [0.29, 0.717) is 28.9 Å². The molecule has 1 N–H and O–H groups in total. The maximum atomic E-state index is 13.2. The van der Waals surface area contributed by atoms with Crippen molar-refractivity contribution < 1.29 is 27.6 Å². The van der Waals surface area contributed by atoms with Gasteiger partial charge in [0.25, 0.3) is 11.8 Å². The lowest BCUT2D eigenvalue weighted by Gasteiger charge is -2.35. The van der Waals surface area contributed by atoms with E-state index in [-0.39, 0.29) is 31.2 Å². The number of carbonyl (C=O) groups is 1. The van der Waals surface area contributed by atoms with Crippen LogP contribution in [-0.4, -0.2) is 57.2 Å². The number of benzene rings is 1. The zero-order valence-corrected chi connectivity index (χ0v) is 16.3. The number of alkyl halides is 3. The Bertz CT molecular complexity index is 1040. The molecule has 0 radical (unpaired) electrons. The molecule has 1 amide bonds. The van der Waals surface area contributed by atoms with Crippen LogP contribution in [-0.2, 0) is 12.8 Å². The van der Waals surface area contributed by atoms with Crippen molar-refractivity contribution in [3.63, 3.8) is 0 Å². The summed E-state index contributed by atoms with van der Waals surface area (Å²) in [6.45, 7) is 1.06. The smallest absolute Gasteiger partial charge is 0.387 e. The zero-order valence-electron chi connectivity index (χ0n) is 15.5. The quantitative estimate of drug-likeness (QED) is 0.668. The Labute approximate surface area is 172 Å². The third-order valence-electron chi connectivity index (χ3n) is 4.62. The van der Waals surface area contributed by atoms with Crippen LogP contribution in [0.1, 0.15) is 21.8 Å². The minimum absolute atomic E-state index is 0.103. The third-order valence-corrected chi connectivity index (χ3v) is 5.67. The molecule has 4 rings (SSSR count). The topological polar surface area (TPSA) is 95.6 Å². The summed E-state index contributed by atoms with van der Waals surface area (Å²) in [6, 6.07) is 4.82. The predicted molar refractivity (Wildman–Crippen MR) is 101 cm³/mol. The fourth-order valence-electron chi connectivity index (χ4n) is 3.12. The number of amides is 1. The number of anilines is 1.